The second kappa shape index (κ2) is 9.57. The van der Waals surface area contributed by atoms with Gasteiger partial charge in [0.05, 0.1) is 25.2 Å². The zero-order valence-electron chi connectivity index (χ0n) is 17.6. The topological polar surface area (TPSA) is 88.1 Å². The molecular formula is C24H18ClI2N3O4. The summed E-state index contributed by atoms with van der Waals surface area (Å²) in [6, 6.07) is 10.5. The number of carbonyl (C=O) groups excluding carboxylic acids is 3. The van der Waals surface area contributed by atoms with Crippen molar-refractivity contribution in [2.45, 2.75) is 6.42 Å². The molecule has 1 N–H and O–H groups in total. The Bertz CT molecular complexity index is 1190. The molecule has 0 spiro atoms. The summed E-state index contributed by atoms with van der Waals surface area (Å²) in [7, 11) is 0. The van der Waals surface area contributed by atoms with Crippen LogP contribution in [0.2, 0.25) is 5.02 Å². The summed E-state index contributed by atoms with van der Waals surface area (Å²) in [6.07, 6.45) is 6.53. The maximum atomic E-state index is 12.8. The molecule has 3 aliphatic rings. The molecule has 2 aliphatic carbocycles. The fourth-order valence-electron chi connectivity index (χ4n) is 4.78. The van der Waals surface area contributed by atoms with Gasteiger partial charge in [-0.1, -0.05) is 23.8 Å². The molecule has 2 fully saturated rings. The van der Waals surface area contributed by atoms with Gasteiger partial charge in [0, 0.05) is 10.7 Å². The second-order valence-corrected chi connectivity index (χ2v) is 11.2. The number of allylic oxidation sites excluding steroid dienone is 2. The minimum absolute atomic E-state index is 0.155. The number of hydrazone groups is 1. The van der Waals surface area contributed by atoms with Gasteiger partial charge >= 0.3 is 0 Å². The number of anilines is 1. The van der Waals surface area contributed by atoms with E-state index in [1.165, 1.54) is 6.21 Å². The SMILES string of the molecule is O=C(COc1c(I)cc(C=NN2C(=O)[C@@H]3[C@H](C2=O)[C@H]2C=C[C@H]3C2)cc1I)Nc1ccc(Cl)cc1. The van der Waals surface area contributed by atoms with Gasteiger partial charge in [0.25, 0.3) is 17.7 Å². The van der Waals surface area contributed by atoms with E-state index in [4.69, 9.17) is 16.3 Å². The molecule has 2 aromatic rings. The van der Waals surface area contributed by atoms with Gasteiger partial charge in [-0.15, -0.1) is 0 Å². The van der Waals surface area contributed by atoms with Crippen molar-refractivity contribution in [1.29, 1.82) is 0 Å². The highest BCUT2D eigenvalue weighted by atomic mass is 127. The molecule has 4 atom stereocenters. The van der Waals surface area contributed by atoms with Crippen LogP contribution in [0.1, 0.15) is 12.0 Å². The number of carbonyl (C=O) groups is 3. The maximum absolute atomic E-state index is 12.8. The summed E-state index contributed by atoms with van der Waals surface area (Å²) in [5.74, 6) is -0.360. The van der Waals surface area contributed by atoms with Gasteiger partial charge in [-0.2, -0.15) is 10.1 Å². The third-order valence-electron chi connectivity index (χ3n) is 6.27. The Morgan fingerprint density at radius 1 is 1.09 bits per heavy atom. The number of amides is 3. The Balaban J connectivity index is 1.23. The summed E-state index contributed by atoms with van der Waals surface area (Å²) in [6.45, 7) is -0.155. The first-order valence-electron chi connectivity index (χ1n) is 10.6. The molecule has 2 bridgehead atoms. The van der Waals surface area contributed by atoms with Crippen molar-refractivity contribution < 1.29 is 19.1 Å². The van der Waals surface area contributed by atoms with E-state index in [0.717, 1.165) is 24.1 Å². The summed E-state index contributed by atoms with van der Waals surface area (Å²) in [4.78, 5) is 37.8. The van der Waals surface area contributed by atoms with Crippen molar-refractivity contribution in [1.82, 2.24) is 5.01 Å². The normalized spacial score (nSPS) is 24.9. The fourth-order valence-corrected chi connectivity index (χ4v) is 7.04. The van der Waals surface area contributed by atoms with Gasteiger partial charge < -0.3 is 10.1 Å². The van der Waals surface area contributed by atoms with Crippen molar-refractivity contribution in [2.75, 3.05) is 11.9 Å². The first kappa shape index (κ1) is 23.7. The van der Waals surface area contributed by atoms with Crippen LogP contribution in [0, 0.1) is 30.8 Å². The molecule has 2 aromatic carbocycles. The van der Waals surface area contributed by atoms with E-state index in [9.17, 15) is 14.4 Å². The van der Waals surface area contributed by atoms with E-state index < -0.39 is 0 Å². The molecule has 5 rings (SSSR count). The van der Waals surface area contributed by atoms with Crippen LogP contribution in [0.4, 0.5) is 5.69 Å². The molecule has 174 valence electrons. The predicted octanol–water partition coefficient (Wildman–Crippen LogP) is 4.71. The number of hydrogen-bond acceptors (Lipinski definition) is 5. The van der Waals surface area contributed by atoms with Gasteiger partial charge in [-0.25, -0.2) is 0 Å². The largest absolute Gasteiger partial charge is 0.482 e. The van der Waals surface area contributed by atoms with Crippen LogP contribution < -0.4 is 10.1 Å². The van der Waals surface area contributed by atoms with E-state index in [2.05, 4.69) is 67.8 Å². The minimum Gasteiger partial charge on any atom is -0.482 e. The molecule has 7 nitrogen and oxygen atoms in total. The van der Waals surface area contributed by atoms with Gasteiger partial charge in [-0.05, 0) is 105 Å². The van der Waals surface area contributed by atoms with Crippen molar-refractivity contribution in [3.05, 3.63) is 66.3 Å². The Hall–Kier alpha value is -1.99. The van der Waals surface area contributed by atoms with E-state index >= 15 is 0 Å². The highest BCUT2D eigenvalue weighted by molar-refractivity contribution is 14.1. The summed E-state index contributed by atoms with van der Waals surface area (Å²) in [5.41, 5.74) is 1.36. The number of nitrogens with zero attached hydrogens (tertiary/aromatic N) is 2. The average Bonchev–Trinajstić information content (AvgIpc) is 3.47. The lowest BCUT2D eigenvalue weighted by atomic mass is 9.85. The third kappa shape index (κ3) is 4.49. The first-order chi connectivity index (χ1) is 16.3. The van der Waals surface area contributed by atoms with Crippen LogP contribution in [0.15, 0.2) is 53.7 Å². The number of ether oxygens (including phenoxy) is 1. The van der Waals surface area contributed by atoms with Crippen LogP contribution in [-0.4, -0.2) is 35.6 Å². The highest BCUT2D eigenvalue weighted by Gasteiger charge is 2.59. The quantitative estimate of drug-likeness (QED) is 0.205. The molecule has 1 aliphatic heterocycles. The number of halogens is 3. The maximum Gasteiger partial charge on any atom is 0.262 e. The van der Waals surface area contributed by atoms with Crippen LogP contribution in [0.25, 0.3) is 0 Å². The highest BCUT2D eigenvalue weighted by Crippen LogP contribution is 2.52. The first-order valence-corrected chi connectivity index (χ1v) is 13.1. The molecule has 3 amide bonds. The smallest absolute Gasteiger partial charge is 0.262 e. The lowest BCUT2D eigenvalue weighted by Crippen LogP contribution is -2.28. The second-order valence-electron chi connectivity index (χ2n) is 8.39. The Kier molecular flexibility index (Phi) is 6.68. The molecule has 34 heavy (non-hydrogen) atoms. The molecule has 1 heterocycles. The van der Waals surface area contributed by atoms with Crippen molar-refractivity contribution in [2.24, 2.45) is 28.8 Å². The molecule has 1 saturated carbocycles. The fraction of sp³-hybridized carbons (Fsp3) is 0.250. The van der Waals surface area contributed by atoms with Gasteiger partial charge in [0.1, 0.15) is 5.75 Å². The zero-order valence-corrected chi connectivity index (χ0v) is 22.7. The molecule has 10 heteroatoms. The molecule has 1 saturated heterocycles. The summed E-state index contributed by atoms with van der Waals surface area (Å²) in [5, 5.41) is 8.61. The average molecular weight is 702 g/mol. The van der Waals surface area contributed by atoms with E-state index in [1.54, 1.807) is 24.3 Å². The number of hydrogen-bond donors (Lipinski definition) is 1. The number of rotatable bonds is 6. The minimum atomic E-state index is -0.292. The lowest BCUT2D eigenvalue weighted by molar-refractivity contribution is -0.140. The van der Waals surface area contributed by atoms with Crippen LogP contribution in [-0.2, 0) is 14.4 Å². The van der Waals surface area contributed by atoms with Crippen molar-refractivity contribution >= 4 is 86.4 Å². The van der Waals surface area contributed by atoms with E-state index in [0.29, 0.717) is 16.5 Å². The Labute approximate surface area is 228 Å². The molecule has 0 unspecified atom stereocenters. The third-order valence-corrected chi connectivity index (χ3v) is 8.12. The Morgan fingerprint density at radius 3 is 2.26 bits per heavy atom. The lowest BCUT2D eigenvalue weighted by Gasteiger charge is -2.13. The van der Waals surface area contributed by atoms with Gasteiger partial charge in [0.15, 0.2) is 6.61 Å². The van der Waals surface area contributed by atoms with Crippen LogP contribution in [0.3, 0.4) is 0 Å². The standard InChI is InChI=1S/C24H18ClI2N3O4/c25-15-3-5-16(6-4-15)29-19(31)11-34-22-17(26)7-12(8-18(22)27)10-28-30-23(32)20-13-1-2-14(9-13)21(20)24(30)33/h1-8,10,13-14,20-21H,9,11H2,(H,29,31)/t13-,14-,20-,21+/m0/s1. The number of imide groups is 1. The number of nitrogens with one attached hydrogen (secondary N) is 1. The monoisotopic (exact) mass is 701 g/mol. The van der Waals surface area contributed by atoms with E-state index in [1.807, 2.05) is 12.1 Å². The van der Waals surface area contributed by atoms with Gasteiger partial charge in [0.2, 0.25) is 0 Å². The predicted molar refractivity (Wildman–Crippen MR) is 145 cm³/mol. The zero-order chi connectivity index (χ0) is 24.0. The van der Waals surface area contributed by atoms with Crippen molar-refractivity contribution in [3.63, 3.8) is 0 Å². The van der Waals surface area contributed by atoms with Crippen LogP contribution >= 0.6 is 56.8 Å². The number of fused-ring (bicyclic) bond motifs is 5. The van der Waals surface area contributed by atoms with E-state index in [-0.39, 0.29) is 48.0 Å². The molecular weight excluding hydrogens is 684 g/mol. The Morgan fingerprint density at radius 2 is 1.68 bits per heavy atom. The summed E-state index contributed by atoms with van der Waals surface area (Å²) < 4.78 is 7.31. The van der Waals surface area contributed by atoms with Crippen LogP contribution in [0.5, 0.6) is 5.75 Å². The van der Waals surface area contributed by atoms with Gasteiger partial charge in [-0.3, -0.25) is 14.4 Å². The number of benzene rings is 2. The molecule has 0 radical (unpaired) electrons. The van der Waals surface area contributed by atoms with Crippen molar-refractivity contribution in [3.8, 4) is 5.75 Å². The summed E-state index contributed by atoms with van der Waals surface area (Å²) >= 11 is 10.1. The molecule has 0 aromatic heterocycles.